The summed E-state index contributed by atoms with van der Waals surface area (Å²) in [7, 11) is 0. The van der Waals surface area contributed by atoms with Gasteiger partial charge in [-0.1, -0.05) is 12.1 Å². The summed E-state index contributed by atoms with van der Waals surface area (Å²) >= 11 is 5.24. The van der Waals surface area contributed by atoms with Crippen LogP contribution in [0.3, 0.4) is 0 Å². The Bertz CT molecular complexity index is 951. The third-order valence-electron chi connectivity index (χ3n) is 5.28. The molecule has 0 atom stereocenters. The van der Waals surface area contributed by atoms with Crippen LogP contribution in [0.25, 0.3) is 5.57 Å². The Labute approximate surface area is 172 Å². The minimum atomic E-state index is -4.37. The summed E-state index contributed by atoms with van der Waals surface area (Å²) in [6, 6.07) is 4.84. The van der Waals surface area contributed by atoms with Crippen molar-refractivity contribution in [2.75, 3.05) is 13.1 Å². The number of nitrogens with one attached hydrogen (secondary N) is 1. The van der Waals surface area contributed by atoms with Crippen LogP contribution in [0.1, 0.15) is 49.6 Å². The van der Waals surface area contributed by atoms with E-state index in [1.165, 1.54) is 18.2 Å². The van der Waals surface area contributed by atoms with Gasteiger partial charge in [-0.3, -0.25) is 9.89 Å². The van der Waals surface area contributed by atoms with Crippen LogP contribution in [-0.4, -0.2) is 38.7 Å². The van der Waals surface area contributed by atoms with Gasteiger partial charge >= 0.3 is 6.18 Å². The van der Waals surface area contributed by atoms with Crippen molar-refractivity contribution in [2.45, 2.75) is 45.3 Å². The lowest BCUT2D eigenvalue weighted by Crippen LogP contribution is -2.37. The van der Waals surface area contributed by atoms with E-state index < -0.39 is 11.7 Å². The Morgan fingerprint density at radius 1 is 1.28 bits per heavy atom. The number of hydrogen-bond acceptors (Lipinski definition) is 3. The number of carbonyl (C=O) groups is 1. The number of aromatic nitrogens is 3. The molecule has 156 valence electrons. The van der Waals surface area contributed by atoms with E-state index in [-0.39, 0.29) is 11.8 Å². The Balaban J connectivity index is 1.63. The van der Waals surface area contributed by atoms with Crippen LogP contribution < -0.4 is 0 Å². The van der Waals surface area contributed by atoms with Gasteiger partial charge in [-0.2, -0.15) is 18.3 Å². The Hall–Kier alpha value is -2.42. The van der Waals surface area contributed by atoms with Crippen LogP contribution in [-0.2, 0) is 17.5 Å². The van der Waals surface area contributed by atoms with Crippen molar-refractivity contribution in [1.82, 2.24) is 19.7 Å². The Morgan fingerprint density at radius 2 is 1.90 bits per heavy atom. The van der Waals surface area contributed by atoms with Gasteiger partial charge in [0, 0.05) is 31.6 Å². The van der Waals surface area contributed by atoms with Gasteiger partial charge < -0.3 is 9.47 Å². The number of amides is 1. The topological polar surface area (TPSA) is 53.9 Å². The molecule has 1 saturated heterocycles. The normalized spacial score (nSPS) is 16.3. The number of benzene rings is 1. The van der Waals surface area contributed by atoms with Gasteiger partial charge in [-0.05, 0) is 62.2 Å². The fourth-order valence-corrected chi connectivity index (χ4v) is 3.86. The molecule has 9 heteroatoms. The molecule has 0 radical (unpaired) electrons. The van der Waals surface area contributed by atoms with Crippen LogP contribution in [0.5, 0.6) is 0 Å². The smallest absolute Gasteiger partial charge is 0.339 e. The number of rotatable bonds is 4. The maximum Gasteiger partial charge on any atom is 0.416 e. The van der Waals surface area contributed by atoms with Crippen molar-refractivity contribution in [3.8, 4) is 0 Å². The van der Waals surface area contributed by atoms with Crippen molar-refractivity contribution >= 4 is 23.7 Å². The number of aromatic amines is 1. The van der Waals surface area contributed by atoms with Gasteiger partial charge in [-0.25, -0.2) is 0 Å². The van der Waals surface area contributed by atoms with E-state index in [1.54, 1.807) is 11.8 Å². The molecule has 3 rings (SSSR count). The average molecular weight is 424 g/mol. The maximum atomic E-state index is 12.7. The molecule has 0 aliphatic carbocycles. The summed E-state index contributed by atoms with van der Waals surface area (Å²) in [6.45, 7) is 5.70. The molecular weight excluding hydrogens is 401 g/mol. The van der Waals surface area contributed by atoms with E-state index in [0.29, 0.717) is 29.0 Å². The minimum Gasteiger partial charge on any atom is -0.339 e. The minimum absolute atomic E-state index is 0.129. The molecule has 0 bridgehead atoms. The largest absolute Gasteiger partial charge is 0.416 e. The first-order valence-electron chi connectivity index (χ1n) is 9.50. The molecule has 1 N–H and O–H groups in total. The molecule has 0 spiro atoms. The van der Waals surface area contributed by atoms with Gasteiger partial charge in [0.2, 0.25) is 5.91 Å². The zero-order chi connectivity index (χ0) is 21.2. The molecule has 29 heavy (non-hydrogen) atoms. The third-order valence-corrected chi connectivity index (χ3v) is 5.60. The quantitative estimate of drug-likeness (QED) is 0.567. The highest BCUT2D eigenvalue weighted by Gasteiger charge is 2.30. The lowest BCUT2D eigenvalue weighted by molar-refractivity contribution is -0.137. The van der Waals surface area contributed by atoms with E-state index in [2.05, 4.69) is 10.2 Å². The van der Waals surface area contributed by atoms with Gasteiger partial charge in [-0.15, -0.1) is 0 Å². The van der Waals surface area contributed by atoms with E-state index in [9.17, 15) is 18.0 Å². The molecule has 1 aromatic carbocycles. The first kappa shape index (κ1) is 21.3. The van der Waals surface area contributed by atoms with Crippen molar-refractivity contribution in [3.05, 3.63) is 52.1 Å². The van der Waals surface area contributed by atoms with Crippen LogP contribution in [0, 0.1) is 4.77 Å². The Kier molecular flexibility index (Phi) is 6.26. The highest BCUT2D eigenvalue weighted by molar-refractivity contribution is 7.71. The van der Waals surface area contributed by atoms with Crippen molar-refractivity contribution in [1.29, 1.82) is 0 Å². The number of alkyl halides is 3. The number of halogens is 3. The predicted molar refractivity (Wildman–Crippen MR) is 107 cm³/mol. The maximum absolute atomic E-state index is 12.7. The number of allylic oxidation sites excluding steroid dienone is 1. The summed E-state index contributed by atoms with van der Waals surface area (Å²) in [5, 5.41) is 7.18. The van der Waals surface area contributed by atoms with E-state index in [1.807, 2.05) is 11.5 Å². The van der Waals surface area contributed by atoms with Crippen molar-refractivity contribution in [3.63, 3.8) is 0 Å². The van der Waals surface area contributed by atoms with Gasteiger partial charge in [0.1, 0.15) is 5.82 Å². The number of likely N-dealkylation sites (tertiary alicyclic amines) is 1. The molecular formula is C20H23F3N4OS. The second-order valence-corrected chi connectivity index (χ2v) is 7.52. The summed E-state index contributed by atoms with van der Waals surface area (Å²) in [4.78, 5) is 14.4. The molecule has 0 unspecified atom stereocenters. The third kappa shape index (κ3) is 4.77. The summed E-state index contributed by atoms with van der Waals surface area (Å²) < 4.78 is 40.6. The molecule has 1 aromatic heterocycles. The van der Waals surface area contributed by atoms with Crippen LogP contribution in [0.15, 0.2) is 30.3 Å². The molecule has 2 heterocycles. The molecule has 0 saturated carbocycles. The number of nitrogens with zero attached hydrogens (tertiary/aromatic N) is 3. The highest BCUT2D eigenvalue weighted by atomic mass is 32.1. The fraction of sp³-hybridized carbons (Fsp3) is 0.450. The molecule has 1 aliphatic heterocycles. The summed E-state index contributed by atoms with van der Waals surface area (Å²) in [6.07, 6.45) is -1.30. The van der Waals surface area contributed by atoms with Gasteiger partial charge in [0.15, 0.2) is 4.77 Å². The first-order chi connectivity index (χ1) is 13.7. The Morgan fingerprint density at radius 3 is 2.45 bits per heavy atom. The van der Waals surface area contributed by atoms with Crippen LogP contribution in [0.2, 0.25) is 0 Å². The molecule has 2 aromatic rings. The van der Waals surface area contributed by atoms with Gasteiger partial charge in [0.25, 0.3) is 0 Å². The monoisotopic (exact) mass is 424 g/mol. The average Bonchev–Trinajstić information content (AvgIpc) is 3.08. The number of hydrogen-bond donors (Lipinski definition) is 1. The molecule has 5 nitrogen and oxygen atoms in total. The zero-order valence-corrected chi connectivity index (χ0v) is 17.1. The predicted octanol–water partition coefficient (Wildman–Crippen LogP) is 4.79. The van der Waals surface area contributed by atoms with E-state index >= 15 is 0 Å². The fourth-order valence-electron chi connectivity index (χ4n) is 3.59. The zero-order valence-electron chi connectivity index (χ0n) is 16.3. The second-order valence-electron chi connectivity index (χ2n) is 7.13. The SMILES string of the molecule is CCn1c(C2CCN(C(=O)/C=C(/C)c3ccc(C(F)(F)F)cc3)CC2)n[nH]c1=S. The van der Waals surface area contributed by atoms with Crippen LogP contribution in [0.4, 0.5) is 13.2 Å². The van der Waals surface area contributed by atoms with Crippen LogP contribution >= 0.6 is 12.2 Å². The number of H-pyrrole nitrogens is 1. The lowest BCUT2D eigenvalue weighted by Gasteiger charge is -2.31. The van der Waals surface area contributed by atoms with E-state index in [0.717, 1.165) is 37.3 Å². The number of piperidine rings is 1. The second kappa shape index (κ2) is 8.52. The summed E-state index contributed by atoms with van der Waals surface area (Å²) in [5.74, 6) is 1.04. The number of carbonyl (C=O) groups excluding carboxylic acids is 1. The van der Waals surface area contributed by atoms with Gasteiger partial charge in [0.05, 0.1) is 5.56 Å². The molecule has 1 fully saturated rings. The highest BCUT2D eigenvalue weighted by Crippen LogP contribution is 2.30. The standard InChI is InChI=1S/C20H23F3N4OS/c1-3-27-18(24-25-19(27)29)15-8-10-26(11-9-15)17(28)12-13(2)14-4-6-16(7-5-14)20(21,22)23/h4-7,12,15H,3,8-11H2,1-2H3,(H,25,29)/b13-12-. The van der Waals surface area contributed by atoms with Crippen molar-refractivity contribution in [2.24, 2.45) is 0 Å². The summed E-state index contributed by atoms with van der Waals surface area (Å²) in [5.41, 5.74) is 0.532. The lowest BCUT2D eigenvalue weighted by atomic mass is 9.95. The molecule has 1 amide bonds. The first-order valence-corrected chi connectivity index (χ1v) is 9.91. The molecule has 1 aliphatic rings. The van der Waals surface area contributed by atoms with Crippen molar-refractivity contribution < 1.29 is 18.0 Å². The van der Waals surface area contributed by atoms with E-state index in [4.69, 9.17) is 12.2 Å².